The van der Waals surface area contributed by atoms with E-state index in [0.717, 1.165) is 18.5 Å². The van der Waals surface area contributed by atoms with Gasteiger partial charge in [0, 0.05) is 32.7 Å². The summed E-state index contributed by atoms with van der Waals surface area (Å²) in [6, 6.07) is 6.30. The molecule has 0 aliphatic carbocycles. The van der Waals surface area contributed by atoms with E-state index in [1.165, 1.54) is 12.1 Å². The van der Waals surface area contributed by atoms with Gasteiger partial charge >= 0.3 is 6.09 Å². The minimum absolute atomic E-state index is 0.0681. The molecule has 1 fully saturated rings. The lowest BCUT2D eigenvalue weighted by molar-refractivity contribution is -0.122. The molecule has 0 aromatic heterocycles. The summed E-state index contributed by atoms with van der Waals surface area (Å²) in [4.78, 5) is 28.1. The van der Waals surface area contributed by atoms with Crippen LogP contribution >= 0.6 is 0 Å². The molecule has 1 heterocycles. The molecule has 0 spiro atoms. The number of amides is 2. The summed E-state index contributed by atoms with van der Waals surface area (Å²) in [6.07, 6.45) is 1.09. The predicted octanol–water partition coefficient (Wildman–Crippen LogP) is 0.793. The molecule has 1 saturated heterocycles. The standard InChI is InChI=1S/C20H32N4O5S/c1-16(2)15-29-20(26)24-11-3-10-23(12-13-24)14-19(25)22-9-8-17-4-6-18(7-5-17)30(21,27)28/h4-7,16H,3,8-15H2,1-2H3,(H,22,25)(H2,21,27,28). The molecule has 0 saturated carbocycles. The summed E-state index contributed by atoms with van der Waals surface area (Å²) in [5.74, 6) is 0.222. The molecule has 30 heavy (non-hydrogen) atoms. The number of hydrogen-bond donors (Lipinski definition) is 2. The fourth-order valence-electron chi connectivity index (χ4n) is 3.09. The van der Waals surface area contributed by atoms with Crippen molar-refractivity contribution in [2.75, 3.05) is 45.9 Å². The van der Waals surface area contributed by atoms with Crippen LogP contribution in [-0.2, 0) is 26.0 Å². The molecule has 0 atom stereocenters. The second-order valence-electron chi connectivity index (χ2n) is 7.88. The van der Waals surface area contributed by atoms with Crippen LogP contribution in [0, 0.1) is 5.92 Å². The number of primary sulfonamides is 1. The van der Waals surface area contributed by atoms with Crippen molar-refractivity contribution in [2.45, 2.75) is 31.6 Å². The molecule has 1 aromatic rings. The van der Waals surface area contributed by atoms with Crippen LogP contribution in [-0.4, -0.2) is 76.1 Å². The zero-order valence-electron chi connectivity index (χ0n) is 17.7. The molecule has 3 N–H and O–H groups in total. The lowest BCUT2D eigenvalue weighted by Crippen LogP contribution is -2.40. The third-order valence-corrected chi connectivity index (χ3v) is 5.67. The van der Waals surface area contributed by atoms with Gasteiger partial charge in [-0.15, -0.1) is 0 Å². The Morgan fingerprint density at radius 2 is 1.83 bits per heavy atom. The first kappa shape index (κ1) is 24.1. The number of nitrogens with two attached hydrogens (primary N) is 1. The fraction of sp³-hybridized carbons (Fsp3) is 0.600. The third-order valence-electron chi connectivity index (χ3n) is 4.74. The van der Waals surface area contributed by atoms with Gasteiger partial charge in [-0.2, -0.15) is 0 Å². The van der Waals surface area contributed by atoms with Crippen LogP contribution in [0.3, 0.4) is 0 Å². The maximum Gasteiger partial charge on any atom is 0.409 e. The molecule has 0 unspecified atom stereocenters. The van der Waals surface area contributed by atoms with Gasteiger partial charge in [0.2, 0.25) is 15.9 Å². The van der Waals surface area contributed by atoms with Crippen LogP contribution in [0.5, 0.6) is 0 Å². The van der Waals surface area contributed by atoms with Gasteiger partial charge in [-0.1, -0.05) is 26.0 Å². The van der Waals surface area contributed by atoms with E-state index in [2.05, 4.69) is 5.32 Å². The smallest absolute Gasteiger partial charge is 0.409 e. The highest BCUT2D eigenvalue weighted by atomic mass is 32.2. The van der Waals surface area contributed by atoms with Crippen molar-refractivity contribution in [3.05, 3.63) is 29.8 Å². The van der Waals surface area contributed by atoms with Gasteiger partial charge in [0.1, 0.15) is 0 Å². The van der Waals surface area contributed by atoms with Crippen molar-refractivity contribution in [2.24, 2.45) is 11.1 Å². The lowest BCUT2D eigenvalue weighted by atomic mass is 10.1. The summed E-state index contributed by atoms with van der Waals surface area (Å²) >= 11 is 0. The first-order valence-electron chi connectivity index (χ1n) is 10.2. The Morgan fingerprint density at radius 1 is 1.13 bits per heavy atom. The summed E-state index contributed by atoms with van der Waals surface area (Å²) < 4.78 is 27.8. The second kappa shape index (κ2) is 11.3. The van der Waals surface area contributed by atoms with Gasteiger partial charge in [0.25, 0.3) is 0 Å². The molecule has 9 nitrogen and oxygen atoms in total. The first-order chi connectivity index (χ1) is 14.1. The van der Waals surface area contributed by atoms with Gasteiger partial charge < -0.3 is 15.0 Å². The summed E-state index contributed by atoms with van der Waals surface area (Å²) in [5, 5.41) is 7.96. The van der Waals surface area contributed by atoms with Crippen molar-refractivity contribution in [3.8, 4) is 0 Å². The maximum absolute atomic E-state index is 12.2. The zero-order valence-corrected chi connectivity index (χ0v) is 18.5. The highest BCUT2D eigenvalue weighted by Crippen LogP contribution is 2.09. The molecule has 0 radical (unpaired) electrons. The first-order valence-corrected chi connectivity index (χ1v) is 11.7. The van der Waals surface area contributed by atoms with Gasteiger partial charge in [0.15, 0.2) is 0 Å². The van der Waals surface area contributed by atoms with Crippen LogP contribution in [0.4, 0.5) is 4.79 Å². The molecule has 2 rings (SSSR count). The number of nitrogens with one attached hydrogen (secondary N) is 1. The van der Waals surface area contributed by atoms with Crippen molar-refractivity contribution < 1.29 is 22.7 Å². The highest BCUT2D eigenvalue weighted by molar-refractivity contribution is 7.89. The van der Waals surface area contributed by atoms with E-state index in [1.54, 1.807) is 17.0 Å². The van der Waals surface area contributed by atoms with E-state index in [0.29, 0.717) is 45.1 Å². The van der Waals surface area contributed by atoms with Crippen LogP contribution in [0.15, 0.2) is 29.2 Å². The van der Waals surface area contributed by atoms with E-state index >= 15 is 0 Å². The molecule has 2 amide bonds. The summed E-state index contributed by atoms with van der Waals surface area (Å²) in [7, 11) is -3.70. The Kier molecular flexibility index (Phi) is 9.07. The Morgan fingerprint density at radius 3 is 2.47 bits per heavy atom. The number of hydrogen-bond acceptors (Lipinski definition) is 6. The SMILES string of the molecule is CC(C)COC(=O)N1CCCN(CC(=O)NCCc2ccc(S(N)(=O)=O)cc2)CC1. The van der Waals surface area contributed by atoms with Gasteiger partial charge in [-0.25, -0.2) is 18.4 Å². The number of rotatable bonds is 8. The normalized spacial score (nSPS) is 15.7. The Hall–Kier alpha value is -2.17. The lowest BCUT2D eigenvalue weighted by Gasteiger charge is -2.21. The quantitative estimate of drug-likeness (QED) is 0.616. The molecular formula is C20H32N4O5S. The second-order valence-corrected chi connectivity index (χ2v) is 9.44. The molecule has 1 aliphatic heterocycles. The maximum atomic E-state index is 12.2. The summed E-state index contributed by atoms with van der Waals surface area (Å²) in [5.41, 5.74) is 0.910. The number of carbonyl (C=O) groups is 2. The Balaban J connectivity index is 1.70. The molecule has 10 heteroatoms. The van der Waals surface area contributed by atoms with Crippen molar-refractivity contribution in [1.82, 2.24) is 15.1 Å². The largest absolute Gasteiger partial charge is 0.449 e. The molecule has 0 bridgehead atoms. The van der Waals surface area contributed by atoms with E-state index in [1.807, 2.05) is 18.7 Å². The molecule has 168 valence electrons. The number of ether oxygens (including phenoxy) is 1. The minimum Gasteiger partial charge on any atom is -0.449 e. The monoisotopic (exact) mass is 440 g/mol. The highest BCUT2D eigenvalue weighted by Gasteiger charge is 2.21. The molecular weight excluding hydrogens is 408 g/mol. The van der Waals surface area contributed by atoms with Gasteiger partial charge in [-0.05, 0) is 36.5 Å². The van der Waals surface area contributed by atoms with Crippen LogP contribution < -0.4 is 10.5 Å². The molecule has 1 aliphatic rings. The minimum atomic E-state index is -3.70. The third kappa shape index (κ3) is 8.29. The van der Waals surface area contributed by atoms with E-state index in [4.69, 9.17) is 9.88 Å². The predicted molar refractivity (Wildman–Crippen MR) is 113 cm³/mol. The van der Waals surface area contributed by atoms with Crippen LogP contribution in [0.2, 0.25) is 0 Å². The van der Waals surface area contributed by atoms with E-state index in [9.17, 15) is 18.0 Å². The zero-order chi connectivity index (χ0) is 22.1. The molecule has 1 aromatic carbocycles. The van der Waals surface area contributed by atoms with E-state index in [-0.39, 0.29) is 23.4 Å². The topological polar surface area (TPSA) is 122 Å². The Labute approximate surface area is 178 Å². The van der Waals surface area contributed by atoms with Crippen molar-refractivity contribution >= 4 is 22.0 Å². The average molecular weight is 441 g/mol. The number of carbonyl (C=O) groups excluding carboxylic acids is 2. The van der Waals surface area contributed by atoms with Crippen molar-refractivity contribution in [3.63, 3.8) is 0 Å². The number of benzene rings is 1. The van der Waals surface area contributed by atoms with Gasteiger partial charge in [0.05, 0.1) is 18.0 Å². The van der Waals surface area contributed by atoms with Crippen LogP contribution in [0.1, 0.15) is 25.8 Å². The van der Waals surface area contributed by atoms with Crippen LogP contribution in [0.25, 0.3) is 0 Å². The number of sulfonamides is 1. The average Bonchev–Trinajstić information content (AvgIpc) is 2.91. The number of nitrogens with zero attached hydrogens (tertiary/aromatic N) is 2. The van der Waals surface area contributed by atoms with E-state index < -0.39 is 10.0 Å². The van der Waals surface area contributed by atoms with Gasteiger partial charge in [-0.3, -0.25) is 9.69 Å². The Bertz CT molecular complexity index is 811. The van der Waals surface area contributed by atoms with Crippen molar-refractivity contribution in [1.29, 1.82) is 0 Å². The fourth-order valence-corrected chi connectivity index (χ4v) is 3.61. The summed E-state index contributed by atoms with van der Waals surface area (Å²) in [6.45, 7) is 7.67.